The third kappa shape index (κ3) is 6.81. The minimum atomic E-state index is -4.83. The molecule has 16 heteroatoms. The second-order valence-corrected chi connectivity index (χ2v) is 9.11. The Bertz CT molecular complexity index is 765. The van der Waals surface area contributed by atoms with Gasteiger partial charge < -0.3 is 25.0 Å². The van der Waals surface area contributed by atoms with Crippen molar-refractivity contribution in [1.29, 1.82) is 0 Å². The van der Waals surface area contributed by atoms with E-state index in [0.717, 1.165) is 12.8 Å². The molecule has 1 saturated carbocycles. The van der Waals surface area contributed by atoms with Crippen molar-refractivity contribution in [3.63, 3.8) is 0 Å². The highest BCUT2D eigenvalue weighted by Gasteiger charge is 2.47. The van der Waals surface area contributed by atoms with E-state index >= 15 is 0 Å². The summed E-state index contributed by atoms with van der Waals surface area (Å²) in [4.78, 5) is 12.3. The van der Waals surface area contributed by atoms with Crippen molar-refractivity contribution in [1.82, 2.24) is 5.32 Å². The van der Waals surface area contributed by atoms with Crippen molar-refractivity contribution in [2.45, 2.75) is 43.5 Å². The molecule has 8 atom stereocenters. The predicted molar refractivity (Wildman–Crippen MR) is 103 cm³/mol. The number of hydrogen-bond donors (Lipinski definition) is 5. The number of allylic oxidation sites excluding steroid dienone is 2. The Hall–Kier alpha value is -0.890. The largest absolute Gasteiger partial charge is 0.397 e. The quantitative estimate of drug-likeness (QED) is 0.0540. The maximum Gasteiger partial charge on any atom is 0.397 e. The monoisotopic (exact) mass is 503 g/mol. The molecule has 0 aromatic rings. The van der Waals surface area contributed by atoms with Crippen LogP contribution >= 0.6 is 12.3 Å². The molecular formula is C16H25NO13S2. The van der Waals surface area contributed by atoms with E-state index in [-0.39, 0.29) is 43.2 Å². The third-order valence-corrected chi connectivity index (χ3v) is 6.38. The summed E-state index contributed by atoms with van der Waals surface area (Å²) in [5, 5.41) is 34.9. The van der Waals surface area contributed by atoms with Gasteiger partial charge in [-0.25, -0.2) is 9.44 Å². The van der Waals surface area contributed by atoms with E-state index in [1.54, 1.807) is 0 Å². The number of carbonyl (C=O) groups is 1. The van der Waals surface area contributed by atoms with Crippen LogP contribution in [0.5, 0.6) is 0 Å². The second-order valence-electron chi connectivity index (χ2n) is 7.56. The molecule has 1 aliphatic heterocycles. The second kappa shape index (κ2) is 11.5. The number of aliphatic hydroxyl groups is 2. The molecule has 32 heavy (non-hydrogen) atoms. The lowest BCUT2D eigenvalue weighted by atomic mass is 9.93. The van der Waals surface area contributed by atoms with Crippen LogP contribution in [0.15, 0.2) is 12.2 Å². The summed E-state index contributed by atoms with van der Waals surface area (Å²) in [5.74, 6) is 0.516. The summed E-state index contributed by atoms with van der Waals surface area (Å²) >= 11 is 0.0728. The van der Waals surface area contributed by atoms with Gasteiger partial charge in [-0.05, 0) is 24.7 Å². The zero-order valence-corrected chi connectivity index (χ0v) is 18.2. The van der Waals surface area contributed by atoms with E-state index in [4.69, 9.17) is 23.5 Å². The first-order valence-electron chi connectivity index (χ1n) is 9.71. The molecule has 2 aliphatic carbocycles. The summed E-state index contributed by atoms with van der Waals surface area (Å²) in [6, 6.07) is 0. The number of ether oxygens (including phenoxy) is 2. The molecule has 3 aliphatic rings. The minimum absolute atomic E-state index is 0.0728. The Morgan fingerprint density at radius 1 is 1.22 bits per heavy atom. The Morgan fingerprint density at radius 2 is 2.00 bits per heavy atom. The molecule has 5 N–H and O–H groups in total. The van der Waals surface area contributed by atoms with E-state index in [1.807, 2.05) is 0 Å². The Morgan fingerprint density at radius 3 is 2.62 bits per heavy atom. The van der Waals surface area contributed by atoms with Gasteiger partial charge in [0, 0.05) is 12.5 Å². The van der Waals surface area contributed by atoms with E-state index in [0.29, 0.717) is 5.92 Å². The Balaban J connectivity index is 1.50. The lowest BCUT2D eigenvalue weighted by Crippen LogP contribution is -2.60. The predicted octanol–water partition coefficient (Wildman–Crippen LogP) is -1.03. The molecule has 1 saturated heterocycles. The van der Waals surface area contributed by atoms with Gasteiger partial charge in [0.1, 0.15) is 24.4 Å². The van der Waals surface area contributed by atoms with Gasteiger partial charge in [0.15, 0.2) is 18.6 Å². The van der Waals surface area contributed by atoms with Crippen LogP contribution in [0.1, 0.15) is 12.8 Å². The van der Waals surface area contributed by atoms with Crippen LogP contribution in [-0.2, 0) is 42.4 Å². The molecule has 0 aromatic carbocycles. The molecule has 3 rings (SSSR count). The van der Waals surface area contributed by atoms with Gasteiger partial charge in [0.05, 0.1) is 13.2 Å². The standard InChI is InChI=1S/C16H25NO13S2/c18-12-11(7-26-32(22,23)24)27-16(13(19)14(12)28-31-30-29-21)25-4-3-17-15(20)10-6-8-1-2-9(10)5-8/h1-2,8-14,16,18-19,21H,3-7H2,(H,17,20)(H,22,23,24)/t8-,9+,10?,11?,12?,13?,14?,16?/m0/s1. The summed E-state index contributed by atoms with van der Waals surface area (Å²) in [6.45, 7) is -0.787. The van der Waals surface area contributed by atoms with Gasteiger partial charge in [-0.2, -0.15) is 8.42 Å². The zero-order chi connectivity index (χ0) is 23.3. The first kappa shape index (κ1) is 25.7. The van der Waals surface area contributed by atoms with Crippen LogP contribution in [0.3, 0.4) is 0 Å². The highest BCUT2D eigenvalue weighted by atomic mass is 32.3. The Labute approximate surface area is 188 Å². The Kier molecular flexibility index (Phi) is 9.24. The minimum Gasteiger partial charge on any atom is -0.387 e. The third-order valence-electron chi connectivity index (χ3n) is 5.53. The number of amides is 1. The van der Waals surface area contributed by atoms with Gasteiger partial charge in [0.25, 0.3) is 0 Å². The van der Waals surface area contributed by atoms with Crippen molar-refractivity contribution >= 4 is 28.6 Å². The van der Waals surface area contributed by atoms with Gasteiger partial charge >= 0.3 is 10.4 Å². The number of hydrogen-bond acceptors (Lipinski definition) is 13. The lowest BCUT2D eigenvalue weighted by Gasteiger charge is -2.41. The van der Waals surface area contributed by atoms with E-state index in [1.165, 1.54) is 0 Å². The SMILES string of the molecule is O=C(NCCOC1OC(COS(=O)(=O)O)C(O)C(OSOOO)C1O)C1C[C@H]2C=C[C@@H]1C2. The number of fused-ring (bicyclic) bond motifs is 2. The summed E-state index contributed by atoms with van der Waals surface area (Å²) in [5.41, 5.74) is 0. The average molecular weight is 504 g/mol. The van der Waals surface area contributed by atoms with Crippen molar-refractivity contribution in [3.05, 3.63) is 12.2 Å². The van der Waals surface area contributed by atoms with Gasteiger partial charge in [-0.1, -0.05) is 17.2 Å². The summed E-state index contributed by atoms with van der Waals surface area (Å²) < 4.78 is 54.4. The van der Waals surface area contributed by atoms with Gasteiger partial charge in [-0.15, -0.1) is 4.33 Å². The van der Waals surface area contributed by atoms with E-state index in [2.05, 4.69) is 31.0 Å². The molecule has 1 heterocycles. The fourth-order valence-corrected chi connectivity index (χ4v) is 4.76. The molecule has 0 radical (unpaired) electrons. The first-order chi connectivity index (χ1) is 15.2. The smallest absolute Gasteiger partial charge is 0.387 e. The average Bonchev–Trinajstić information content (AvgIpc) is 3.37. The first-order valence-corrected chi connectivity index (χ1v) is 11.7. The molecule has 0 aromatic heterocycles. The molecular weight excluding hydrogens is 478 g/mol. The number of nitrogens with one attached hydrogen (secondary N) is 1. The van der Waals surface area contributed by atoms with Crippen molar-refractivity contribution in [3.8, 4) is 0 Å². The summed E-state index contributed by atoms with van der Waals surface area (Å²) in [7, 11) is -4.83. The number of rotatable bonds is 12. The highest BCUT2D eigenvalue weighted by Crippen LogP contribution is 2.43. The molecule has 6 unspecified atom stereocenters. The van der Waals surface area contributed by atoms with Crippen LogP contribution in [0.25, 0.3) is 0 Å². The van der Waals surface area contributed by atoms with Crippen LogP contribution in [0, 0.1) is 17.8 Å². The summed E-state index contributed by atoms with van der Waals surface area (Å²) in [6.07, 6.45) is -1.54. The van der Waals surface area contributed by atoms with E-state index < -0.39 is 47.7 Å². The number of aliphatic hydroxyl groups excluding tert-OH is 2. The zero-order valence-electron chi connectivity index (χ0n) is 16.6. The van der Waals surface area contributed by atoms with Crippen LogP contribution < -0.4 is 5.32 Å². The van der Waals surface area contributed by atoms with Crippen molar-refractivity contribution in [2.24, 2.45) is 17.8 Å². The van der Waals surface area contributed by atoms with E-state index in [9.17, 15) is 23.4 Å². The number of carbonyl (C=O) groups excluding carboxylic acids is 1. The maximum absolute atomic E-state index is 12.3. The normalized spacial score (nSPS) is 36.5. The van der Waals surface area contributed by atoms with Crippen molar-refractivity contribution < 1.29 is 60.4 Å². The topological polar surface area (TPSA) is 200 Å². The molecule has 0 spiro atoms. The highest BCUT2D eigenvalue weighted by molar-refractivity contribution is 7.89. The lowest BCUT2D eigenvalue weighted by molar-refractivity contribution is -0.435. The van der Waals surface area contributed by atoms with Crippen LogP contribution in [0.4, 0.5) is 0 Å². The fourth-order valence-electron chi connectivity index (χ4n) is 4.08. The van der Waals surface area contributed by atoms with Gasteiger partial charge in [-0.3, -0.25) is 13.5 Å². The van der Waals surface area contributed by atoms with Crippen LogP contribution in [0.2, 0.25) is 0 Å². The molecule has 14 nitrogen and oxygen atoms in total. The maximum atomic E-state index is 12.3. The fraction of sp³-hybridized carbons (Fsp3) is 0.812. The molecule has 2 bridgehead atoms. The van der Waals surface area contributed by atoms with Crippen LogP contribution in [-0.4, -0.2) is 84.8 Å². The molecule has 1 amide bonds. The molecule has 2 fully saturated rings. The molecule has 184 valence electrons. The van der Waals surface area contributed by atoms with Crippen molar-refractivity contribution in [2.75, 3.05) is 19.8 Å². The van der Waals surface area contributed by atoms with Gasteiger partial charge in [0.2, 0.25) is 5.91 Å².